The number of carbonyl (C=O) groups excluding carboxylic acids is 2. The number of rotatable bonds is 6. The van der Waals surface area contributed by atoms with Crippen molar-refractivity contribution in [3.8, 4) is 5.69 Å². The largest absolute Gasteiger partial charge is 0.330 e. The molecule has 0 unspecified atom stereocenters. The van der Waals surface area contributed by atoms with Gasteiger partial charge in [-0.25, -0.2) is 13.2 Å². The molecule has 1 aromatic heterocycles. The fourth-order valence-electron chi connectivity index (χ4n) is 3.43. The molecule has 0 spiro atoms. The van der Waals surface area contributed by atoms with Gasteiger partial charge < -0.3 is 14.8 Å². The van der Waals surface area contributed by atoms with Crippen LogP contribution < -0.4 is 5.32 Å². The summed E-state index contributed by atoms with van der Waals surface area (Å²) in [4.78, 5) is 26.7. The number of carbonyl (C=O) groups is 2. The second-order valence-corrected chi connectivity index (χ2v) is 7.06. The van der Waals surface area contributed by atoms with E-state index in [0.29, 0.717) is 16.9 Å². The van der Waals surface area contributed by atoms with Gasteiger partial charge in [0.1, 0.15) is 29.7 Å². The summed E-state index contributed by atoms with van der Waals surface area (Å²) in [6.07, 6.45) is 0. The number of aryl methyl sites for hydroxylation is 1. The standard InChI is InChI=1S/C23H22F3N3O2/c1-4-28(13-21(30)27-22-19(25)6-5-7-20(22)26)23(31)18-12-14(2)29(15(18)3)17-10-8-16(24)9-11-17/h5-12H,4,13H2,1-3H3,(H,27,30). The van der Waals surface area contributed by atoms with Crippen LogP contribution in [0, 0.1) is 31.3 Å². The van der Waals surface area contributed by atoms with E-state index in [1.165, 1.54) is 23.1 Å². The van der Waals surface area contributed by atoms with Crippen molar-refractivity contribution in [2.45, 2.75) is 20.8 Å². The van der Waals surface area contributed by atoms with Gasteiger partial charge >= 0.3 is 0 Å². The maximum Gasteiger partial charge on any atom is 0.256 e. The summed E-state index contributed by atoms with van der Waals surface area (Å²) in [5, 5.41) is 2.19. The first-order chi connectivity index (χ1) is 14.7. The zero-order chi connectivity index (χ0) is 22.7. The summed E-state index contributed by atoms with van der Waals surface area (Å²) in [6.45, 7) is 5.12. The maximum absolute atomic E-state index is 13.8. The van der Waals surface area contributed by atoms with Crippen molar-refractivity contribution in [2.75, 3.05) is 18.4 Å². The van der Waals surface area contributed by atoms with E-state index in [-0.39, 0.29) is 18.9 Å². The van der Waals surface area contributed by atoms with E-state index >= 15 is 0 Å². The van der Waals surface area contributed by atoms with E-state index in [9.17, 15) is 22.8 Å². The first-order valence-electron chi connectivity index (χ1n) is 9.71. The molecule has 31 heavy (non-hydrogen) atoms. The van der Waals surface area contributed by atoms with E-state index in [4.69, 9.17) is 0 Å². The quantitative estimate of drug-likeness (QED) is 0.622. The Bertz CT molecular complexity index is 1100. The normalized spacial score (nSPS) is 10.8. The van der Waals surface area contributed by atoms with Crippen molar-refractivity contribution >= 4 is 17.5 Å². The molecule has 0 aliphatic carbocycles. The Balaban J connectivity index is 1.81. The number of hydrogen-bond donors (Lipinski definition) is 1. The van der Waals surface area contributed by atoms with E-state index in [1.807, 2.05) is 11.5 Å². The monoisotopic (exact) mass is 429 g/mol. The zero-order valence-corrected chi connectivity index (χ0v) is 17.4. The highest BCUT2D eigenvalue weighted by molar-refractivity contribution is 6.00. The van der Waals surface area contributed by atoms with Gasteiger partial charge in [-0.1, -0.05) is 6.07 Å². The number of nitrogens with zero attached hydrogens (tertiary/aromatic N) is 2. The third-order valence-electron chi connectivity index (χ3n) is 4.98. The van der Waals surface area contributed by atoms with Crippen LogP contribution in [0.25, 0.3) is 5.69 Å². The van der Waals surface area contributed by atoms with Gasteiger partial charge in [-0.05, 0) is 63.2 Å². The molecule has 0 fully saturated rings. The van der Waals surface area contributed by atoms with Gasteiger partial charge in [-0.15, -0.1) is 0 Å². The van der Waals surface area contributed by atoms with Crippen LogP contribution in [0.2, 0.25) is 0 Å². The number of likely N-dealkylation sites (N-methyl/N-ethyl adjacent to an activating group) is 1. The number of benzene rings is 2. The zero-order valence-electron chi connectivity index (χ0n) is 17.4. The fraction of sp³-hybridized carbons (Fsp3) is 0.217. The lowest BCUT2D eigenvalue weighted by Crippen LogP contribution is -2.38. The molecule has 0 aliphatic heterocycles. The molecule has 0 radical (unpaired) electrons. The molecular weight excluding hydrogens is 407 g/mol. The third-order valence-corrected chi connectivity index (χ3v) is 4.98. The minimum Gasteiger partial charge on any atom is -0.330 e. The molecule has 0 bridgehead atoms. The number of anilines is 1. The van der Waals surface area contributed by atoms with Crippen molar-refractivity contribution in [1.29, 1.82) is 0 Å². The Hall–Kier alpha value is -3.55. The number of para-hydroxylation sites is 1. The highest BCUT2D eigenvalue weighted by Crippen LogP contribution is 2.23. The van der Waals surface area contributed by atoms with Crippen LogP contribution in [0.1, 0.15) is 28.7 Å². The predicted molar refractivity (Wildman–Crippen MR) is 112 cm³/mol. The number of nitrogens with one attached hydrogen (secondary N) is 1. The van der Waals surface area contributed by atoms with Gasteiger partial charge in [0, 0.05) is 23.6 Å². The summed E-state index contributed by atoms with van der Waals surface area (Å²) in [5.41, 5.74) is 1.93. The van der Waals surface area contributed by atoms with E-state index in [2.05, 4.69) is 5.32 Å². The Morgan fingerprint density at radius 3 is 2.19 bits per heavy atom. The first-order valence-corrected chi connectivity index (χ1v) is 9.71. The summed E-state index contributed by atoms with van der Waals surface area (Å²) < 4.78 is 42.6. The highest BCUT2D eigenvalue weighted by Gasteiger charge is 2.23. The average Bonchev–Trinajstić information content (AvgIpc) is 3.03. The Kier molecular flexibility index (Phi) is 6.48. The van der Waals surface area contributed by atoms with Gasteiger partial charge in [0.05, 0.1) is 5.56 Å². The molecular formula is C23H22F3N3O2. The number of hydrogen-bond acceptors (Lipinski definition) is 2. The molecule has 8 heteroatoms. The Labute approximate surface area is 178 Å². The van der Waals surface area contributed by atoms with Crippen molar-refractivity contribution in [3.63, 3.8) is 0 Å². The maximum atomic E-state index is 13.8. The van der Waals surface area contributed by atoms with Gasteiger partial charge in [0.2, 0.25) is 5.91 Å². The Morgan fingerprint density at radius 2 is 1.61 bits per heavy atom. The van der Waals surface area contributed by atoms with E-state index < -0.39 is 29.1 Å². The van der Waals surface area contributed by atoms with Crippen LogP contribution in [0.4, 0.5) is 18.9 Å². The molecule has 1 heterocycles. The van der Waals surface area contributed by atoms with E-state index in [1.54, 1.807) is 32.0 Å². The predicted octanol–water partition coefficient (Wildman–Crippen LogP) is 4.61. The van der Waals surface area contributed by atoms with Crippen LogP contribution in [-0.4, -0.2) is 34.4 Å². The molecule has 5 nitrogen and oxygen atoms in total. The van der Waals surface area contributed by atoms with Gasteiger partial charge in [0.15, 0.2) is 0 Å². The lowest BCUT2D eigenvalue weighted by molar-refractivity contribution is -0.116. The molecule has 1 N–H and O–H groups in total. The molecule has 0 saturated carbocycles. The molecule has 2 aromatic carbocycles. The van der Waals surface area contributed by atoms with Crippen LogP contribution in [0.3, 0.4) is 0 Å². The van der Waals surface area contributed by atoms with E-state index in [0.717, 1.165) is 17.8 Å². The molecule has 2 amide bonds. The SMILES string of the molecule is CCN(CC(=O)Nc1c(F)cccc1F)C(=O)c1cc(C)n(-c2ccc(F)cc2)c1C. The molecule has 0 atom stereocenters. The van der Waals surface area contributed by atoms with Crippen molar-refractivity contribution < 1.29 is 22.8 Å². The molecule has 3 rings (SSSR count). The van der Waals surface area contributed by atoms with Crippen molar-refractivity contribution in [2.24, 2.45) is 0 Å². The minimum absolute atomic E-state index is 0.215. The lowest BCUT2D eigenvalue weighted by Gasteiger charge is -2.21. The molecule has 162 valence electrons. The van der Waals surface area contributed by atoms with Crippen LogP contribution >= 0.6 is 0 Å². The smallest absolute Gasteiger partial charge is 0.256 e. The molecule has 0 aliphatic rings. The Morgan fingerprint density at radius 1 is 1.00 bits per heavy atom. The minimum atomic E-state index is -0.898. The molecule has 0 saturated heterocycles. The average molecular weight is 429 g/mol. The second kappa shape index (κ2) is 9.07. The second-order valence-electron chi connectivity index (χ2n) is 7.06. The number of halogens is 3. The van der Waals surface area contributed by atoms with Crippen LogP contribution in [-0.2, 0) is 4.79 Å². The van der Waals surface area contributed by atoms with Crippen molar-refractivity contribution in [1.82, 2.24) is 9.47 Å². The number of aromatic nitrogens is 1. The van der Waals surface area contributed by atoms with Gasteiger partial charge in [-0.2, -0.15) is 0 Å². The lowest BCUT2D eigenvalue weighted by atomic mass is 10.2. The highest BCUT2D eigenvalue weighted by atomic mass is 19.1. The number of amides is 2. The van der Waals surface area contributed by atoms with Gasteiger partial charge in [0.25, 0.3) is 5.91 Å². The fourth-order valence-corrected chi connectivity index (χ4v) is 3.43. The summed E-state index contributed by atoms with van der Waals surface area (Å²) in [7, 11) is 0. The third kappa shape index (κ3) is 4.63. The molecule has 3 aromatic rings. The summed E-state index contributed by atoms with van der Waals surface area (Å²) >= 11 is 0. The van der Waals surface area contributed by atoms with Crippen LogP contribution in [0.15, 0.2) is 48.5 Å². The first kappa shape index (κ1) is 22.1. The summed E-state index contributed by atoms with van der Waals surface area (Å²) in [6, 6.07) is 10.8. The topological polar surface area (TPSA) is 54.3 Å². The summed E-state index contributed by atoms with van der Waals surface area (Å²) in [5.74, 6) is -3.27. The van der Waals surface area contributed by atoms with Crippen LogP contribution in [0.5, 0.6) is 0 Å². The van der Waals surface area contributed by atoms with Crippen molar-refractivity contribution in [3.05, 3.63) is 82.9 Å². The van der Waals surface area contributed by atoms with Gasteiger partial charge in [-0.3, -0.25) is 9.59 Å².